The van der Waals surface area contributed by atoms with Crippen LogP contribution in [0.25, 0.3) is 5.70 Å². The van der Waals surface area contributed by atoms with Gasteiger partial charge in [0.15, 0.2) is 0 Å². The number of ether oxygens (including phenoxy) is 1. The zero-order chi connectivity index (χ0) is 18.5. The number of nitrogens with two attached hydrogens (primary N) is 1. The Morgan fingerprint density at radius 2 is 1.96 bits per heavy atom. The molecular formula is C19H21N3O4. The lowest BCUT2D eigenvalue weighted by Gasteiger charge is -2.23. The molecule has 26 heavy (non-hydrogen) atoms. The van der Waals surface area contributed by atoms with Crippen LogP contribution in [-0.4, -0.2) is 28.4 Å². The predicted octanol–water partition coefficient (Wildman–Crippen LogP) is 2.67. The van der Waals surface area contributed by atoms with Crippen LogP contribution in [0.2, 0.25) is 0 Å². The molecule has 0 aromatic heterocycles. The number of hydroxylamine groups is 3. The van der Waals surface area contributed by atoms with Crippen LogP contribution in [0, 0.1) is 0 Å². The molecule has 0 bridgehead atoms. The second-order valence-electron chi connectivity index (χ2n) is 5.99. The maximum Gasteiger partial charge on any atom is 0.338 e. The fourth-order valence-corrected chi connectivity index (χ4v) is 2.57. The van der Waals surface area contributed by atoms with E-state index in [1.807, 2.05) is 54.6 Å². The van der Waals surface area contributed by atoms with Gasteiger partial charge in [0.1, 0.15) is 18.5 Å². The van der Waals surface area contributed by atoms with Crippen LogP contribution in [0.1, 0.15) is 18.1 Å². The maximum atomic E-state index is 11.0. The van der Waals surface area contributed by atoms with Crippen molar-refractivity contribution in [2.75, 3.05) is 0 Å². The molecular weight excluding hydrogens is 334 g/mol. The summed E-state index contributed by atoms with van der Waals surface area (Å²) >= 11 is 0. The third kappa shape index (κ3) is 4.14. The van der Waals surface area contributed by atoms with Gasteiger partial charge in [0, 0.05) is 0 Å². The highest BCUT2D eigenvalue weighted by Gasteiger charge is 2.29. The number of carbonyl (C=O) groups excluding carboxylic acids is 1. The summed E-state index contributed by atoms with van der Waals surface area (Å²) < 4.78 is 5.76. The fourth-order valence-electron chi connectivity index (χ4n) is 2.57. The number of carbonyl (C=O) groups is 1. The van der Waals surface area contributed by atoms with Crippen LogP contribution < -0.4 is 16.0 Å². The normalized spacial score (nSPS) is 17.2. The Kier molecular flexibility index (Phi) is 5.40. The van der Waals surface area contributed by atoms with Gasteiger partial charge in [-0.05, 0) is 48.4 Å². The minimum absolute atomic E-state index is 0.451. The highest BCUT2D eigenvalue weighted by molar-refractivity contribution is 5.71. The maximum absolute atomic E-state index is 11.0. The predicted molar refractivity (Wildman–Crippen MR) is 95.9 cm³/mol. The molecule has 136 valence electrons. The summed E-state index contributed by atoms with van der Waals surface area (Å²) in [5, 5.41) is 10.1. The van der Waals surface area contributed by atoms with Crippen molar-refractivity contribution in [1.29, 1.82) is 0 Å². The van der Waals surface area contributed by atoms with Crippen LogP contribution in [0.15, 0.2) is 60.7 Å². The number of nitrogens with one attached hydrogen (secondary N) is 1. The fraction of sp³-hybridized carbons (Fsp3) is 0.211. The van der Waals surface area contributed by atoms with Gasteiger partial charge < -0.3 is 10.5 Å². The molecule has 4 N–H and O–H groups in total. The first-order chi connectivity index (χ1) is 12.5. The van der Waals surface area contributed by atoms with Crippen molar-refractivity contribution >= 4 is 11.7 Å². The molecule has 2 aromatic rings. The third-order valence-corrected chi connectivity index (χ3v) is 4.14. The largest absolute Gasteiger partial charge is 0.489 e. The minimum atomic E-state index is -0.928. The van der Waals surface area contributed by atoms with Gasteiger partial charge in [0.05, 0.1) is 11.7 Å². The Morgan fingerprint density at radius 1 is 1.27 bits per heavy atom. The highest BCUT2D eigenvalue weighted by Crippen LogP contribution is 2.24. The molecule has 0 aliphatic carbocycles. The molecule has 7 nitrogen and oxygen atoms in total. The smallest absolute Gasteiger partial charge is 0.338 e. The number of nitrogens with zero attached hydrogens (tertiary/aromatic N) is 1. The molecule has 0 spiro atoms. The standard InChI is InChI=1S/C19H21N3O4/c1-13(22(24)19(20)23)18-11-17(21-26-18)15-7-9-16(10-8-15)25-12-14-5-3-2-4-6-14/h2-11,13,18,21,24H,12H2,1H3,(H2,20,23). The van der Waals surface area contributed by atoms with Gasteiger partial charge in [-0.3, -0.25) is 15.5 Å². The Morgan fingerprint density at radius 3 is 2.62 bits per heavy atom. The van der Waals surface area contributed by atoms with E-state index >= 15 is 0 Å². The van der Waals surface area contributed by atoms with E-state index in [-0.39, 0.29) is 0 Å². The number of rotatable bonds is 6. The molecule has 3 rings (SSSR count). The van der Waals surface area contributed by atoms with E-state index in [0.717, 1.165) is 22.6 Å². The van der Waals surface area contributed by atoms with Crippen molar-refractivity contribution in [3.63, 3.8) is 0 Å². The van der Waals surface area contributed by atoms with Crippen molar-refractivity contribution in [3.8, 4) is 5.75 Å². The van der Waals surface area contributed by atoms with E-state index < -0.39 is 18.2 Å². The third-order valence-electron chi connectivity index (χ3n) is 4.14. The second-order valence-corrected chi connectivity index (χ2v) is 5.99. The quantitative estimate of drug-likeness (QED) is 0.547. The molecule has 7 heteroatoms. The summed E-state index contributed by atoms with van der Waals surface area (Å²) in [6, 6.07) is 15.9. The SMILES string of the molecule is CC(C1C=C(c2ccc(OCc3ccccc3)cc2)NO1)N(O)C(N)=O. The van der Waals surface area contributed by atoms with E-state index in [4.69, 9.17) is 15.3 Å². The van der Waals surface area contributed by atoms with Crippen molar-refractivity contribution in [3.05, 3.63) is 71.8 Å². The van der Waals surface area contributed by atoms with Gasteiger partial charge in [-0.2, -0.15) is 0 Å². The van der Waals surface area contributed by atoms with Gasteiger partial charge in [-0.15, -0.1) is 0 Å². The first kappa shape index (κ1) is 17.8. The van der Waals surface area contributed by atoms with E-state index in [1.54, 1.807) is 13.0 Å². The van der Waals surface area contributed by atoms with Crippen molar-refractivity contribution in [2.45, 2.75) is 25.7 Å². The summed E-state index contributed by atoms with van der Waals surface area (Å²) in [6.07, 6.45) is 1.27. The number of hydrogen-bond acceptors (Lipinski definition) is 5. The monoisotopic (exact) mass is 355 g/mol. The molecule has 1 aliphatic rings. The van der Waals surface area contributed by atoms with Crippen molar-refractivity contribution in [2.24, 2.45) is 5.73 Å². The van der Waals surface area contributed by atoms with Gasteiger partial charge in [0.25, 0.3) is 0 Å². The number of amides is 2. The Labute approximate surface area is 151 Å². The van der Waals surface area contributed by atoms with E-state index in [9.17, 15) is 10.0 Å². The van der Waals surface area contributed by atoms with Crippen molar-refractivity contribution in [1.82, 2.24) is 10.5 Å². The molecule has 2 unspecified atom stereocenters. The van der Waals surface area contributed by atoms with Gasteiger partial charge in [-0.1, -0.05) is 30.3 Å². The summed E-state index contributed by atoms with van der Waals surface area (Å²) in [7, 11) is 0. The molecule has 0 fully saturated rings. The van der Waals surface area contributed by atoms with Crippen LogP contribution in [-0.2, 0) is 11.4 Å². The van der Waals surface area contributed by atoms with Crippen LogP contribution >= 0.6 is 0 Å². The number of benzene rings is 2. The zero-order valence-electron chi connectivity index (χ0n) is 14.3. The van der Waals surface area contributed by atoms with E-state index in [2.05, 4.69) is 5.48 Å². The van der Waals surface area contributed by atoms with Crippen LogP contribution in [0.5, 0.6) is 5.75 Å². The van der Waals surface area contributed by atoms with Gasteiger partial charge in [-0.25, -0.2) is 9.86 Å². The Hall–Kier alpha value is -3.03. The summed E-state index contributed by atoms with van der Waals surface area (Å²) in [6.45, 7) is 2.14. The lowest BCUT2D eigenvalue weighted by Crippen LogP contribution is -2.45. The van der Waals surface area contributed by atoms with Crippen molar-refractivity contribution < 1.29 is 19.6 Å². The summed E-state index contributed by atoms with van der Waals surface area (Å²) in [5.41, 5.74) is 10.6. The molecule has 1 heterocycles. The number of hydrogen-bond donors (Lipinski definition) is 3. The average molecular weight is 355 g/mol. The lowest BCUT2D eigenvalue weighted by molar-refractivity contribution is -0.111. The first-order valence-corrected chi connectivity index (χ1v) is 8.23. The Balaban J connectivity index is 1.61. The van der Waals surface area contributed by atoms with Gasteiger partial charge in [0.2, 0.25) is 0 Å². The second kappa shape index (κ2) is 7.90. The molecule has 0 saturated heterocycles. The first-order valence-electron chi connectivity index (χ1n) is 8.23. The van der Waals surface area contributed by atoms with Crippen LogP contribution in [0.4, 0.5) is 4.79 Å². The molecule has 2 amide bonds. The highest BCUT2D eigenvalue weighted by atomic mass is 16.7. The molecule has 0 radical (unpaired) electrons. The number of urea groups is 1. The molecule has 1 aliphatic heterocycles. The minimum Gasteiger partial charge on any atom is -0.489 e. The van der Waals surface area contributed by atoms with E-state index in [0.29, 0.717) is 11.7 Å². The summed E-state index contributed by atoms with van der Waals surface area (Å²) in [4.78, 5) is 16.4. The number of primary amides is 1. The molecule has 0 saturated carbocycles. The molecule has 2 aromatic carbocycles. The van der Waals surface area contributed by atoms with Crippen LogP contribution in [0.3, 0.4) is 0 Å². The topological polar surface area (TPSA) is 97.0 Å². The zero-order valence-corrected chi connectivity index (χ0v) is 14.3. The lowest BCUT2D eigenvalue weighted by atomic mass is 10.1. The van der Waals surface area contributed by atoms with E-state index in [1.165, 1.54) is 0 Å². The molecule has 2 atom stereocenters. The summed E-state index contributed by atoms with van der Waals surface area (Å²) in [5.74, 6) is 0.761. The van der Waals surface area contributed by atoms with Gasteiger partial charge >= 0.3 is 6.03 Å². The Bertz CT molecular complexity index is 777. The average Bonchev–Trinajstić information content (AvgIpc) is 3.16.